The number of rotatable bonds is 6. The molecule has 0 bridgehead atoms. The monoisotopic (exact) mass is 379 g/mol. The zero-order valence-corrected chi connectivity index (χ0v) is 17.1. The van der Waals surface area contributed by atoms with E-state index in [1.54, 1.807) is 0 Å². The van der Waals surface area contributed by atoms with Gasteiger partial charge < -0.3 is 15.1 Å². The predicted octanol–water partition coefficient (Wildman–Crippen LogP) is 3.77. The highest BCUT2D eigenvalue weighted by Crippen LogP contribution is 2.45. The molecule has 0 aromatic heterocycles. The van der Waals surface area contributed by atoms with Crippen molar-refractivity contribution in [3.8, 4) is 0 Å². The smallest absolute Gasteiger partial charge is 0.0840 e. The van der Waals surface area contributed by atoms with Crippen molar-refractivity contribution in [1.82, 2.24) is 4.90 Å². The van der Waals surface area contributed by atoms with Crippen molar-refractivity contribution in [2.45, 2.75) is 50.7 Å². The Morgan fingerprint density at radius 2 is 1.54 bits per heavy atom. The Bertz CT molecular complexity index is 764. The molecule has 3 heteroatoms. The Balaban J connectivity index is 1.27. The lowest BCUT2D eigenvalue weighted by molar-refractivity contribution is 0.0355. The van der Waals surface area contributed by atoms with Crippen LogP contribution < -0.4 is 0 Å². The third kappa shape index (κ3) is 4.48. The van der Waals surface area contributed by atoms with Gasteiger partial charge in [0.2, 0.25) is 0 Å². The lowest BCUT2D eigenvalue weighted by Gasteiger charge is -2.26. The number of nitrogens with zero attached hydrogens (tertiary/aromatic N) is 1. The molecule has 4 rings (SSSR count). The average molecular weight is 380 g/mol. The topological polar surface area (TPSA) is 43.7 Å². The Labute approximate surface area is 169 Å². The largest absolute Gasteiger partial charge is 0.390 e. The molecule has 150 valence electrons. The van der Waals surface area contributed by atoms with Gasteiger partial charge in [-0.1, -0.05) is 54.6 Å². The molecule has 0 spiro atoms. The SMILES string of the molecule is CC(C)(O)c1ccc(CCN2CC3CC(O)(Cc4ccccc4)CC3C2)cc1. The average Bonchev–Trinajstić information content (AvgIpc) is 3.14. The van der Waals surface area contributed by atoms with Gasteiger partial charge in [0.05, 0.1) is 11.2 Å². The first-order chi connectivity index (χ1) is 13.3. The van der Waals surface area contributed by atoms with E-state index in [0.29, 0.717) is 11.8 Å². The van der Waals surface area contributed by atoms with E-state index in [9.17, 15) is 10.2 Å². The second-order valence-corrected chi connectivity index (χ2v) is 9.58. The van der Waals surface area contributed by atoms with Crippen LogP contribution in [0.4, 0.5) is 0 Å². The Morgan fingerprint density at radius 3 is 2.11 bits per heavy atom. The summed E-state index contributed by atoms with van der Waals surface area (Å²) in [5, 5.41) is 21.2. The zero-order valence-electron chi connectivity index (χ0n) is 17.1. The molecular weight excluding hydrogens is 346 g/mol. The maximum atomic E-state index is 11.1. The van der Waals surface area contributed by atoms with Gasteiger partial charge in [-0.05, 0) is 61.6 Å². The van der Waals surface area contributed by atoms with Crippen LogP contribution in [-0.2, 0) is 18.4 Å². The van der Waals surface area contributed by atoms with Crippen LogP contribution in [0.1, 0.15) is 43.4 Å². The van der Waals surface area contributed by atoms with Crippen LogP contribution in [0.3, 0.4) is 0 Å². The first kappa shape index (κ1) is 19.6. The van der Waals surface area contributed by atoms with Gasteiger partial charge in [0.25, 0.3) is 0 Å². The summed E-state index contributed by atoms with van der Waals surface area (Å²) in [6.07, 6.45) is 3.70. The third-order valence-corrected chi connectivity index (χ3v) is 6.69. The number of aliphatic hydroxyl groups is 2. The van der Waals surface area contributed by atoms with Crippen LogP contribution in [0.15, 0.2) is 54.6 Å². The molecule has 2 aromatic carbocycles. The molecule has 2 aliphatic rings. The maximum Gasteiger partial charge on any atom is 0.0840 e. The summed E-state index contributed by atoms with van der Waals surface area (Å²) in [4.78, 5) is 2.57. The van der Waals surface area contributed by atoms with Crippen LogP contribution in [0.5, 0.6) is 0 Å². The molecule has 2 N–H and O–H groups in total. The minimum Gasteiger partial charge on any atom is -0.390 e. The van der Waals surface area contributed by atoms with Crippen molar-refractivity contribution in [2.75, 3.05) is 19.6 Å². The van der Waals surface area contributed by atoms with Gasteiger partial charge in [0, 0.05) is 26.1 Å². The molecule has 0 radical (unpaired) electrons. The van der Waals surface area contributed by atoms with E-state index in [0.717, 1.165) is 50.9 Å². The summed E-state index contributed by atoms with van der Waals surface area (Å²) >= 11 is 0. The van der Waals surface area contributed by atoms with Gasteiger partial charge >= 0.3 is 0 Å². The summed E-state index contributed by atoms with van der Waals surface area (Å²) in [6, 6.07) is 18.8. The molecule has 3 nitrogen and oxygen atoms in total. The highest BCUT2D eigenvalue weighted by molar-refractivity contribution is 5.26. The van der Waals surface area contributed by atoms with E-state index in [1.807, 2.05) is 32.0 Å². The highest BCUT2D eigenvalue weighted by atomic mass is 16.3. The number of benzene rings is 2. The highest BCUT2D eigenvalue weighted by Gasteiger charge is 2.47. The van der Waals surface area contributed by atoms with Crippen LogP contribution >= 0.6 is 0 Å². The molecule has 1 saturated carbocycles. The van der Waals surface area contributed by atoms with Crippen LogP contribution in [-0.4, -0.2) is 40.3 Å². The first-order valence-corrected chi connectivity index (χ1v) is 10.6. The molecule has 2 unspecified atom stereocenters. The molecule has 2 aromatic rings. The molecule has 1 aliphatic carbocycles. The summed E-state index contributed by atoms with van der Waals surface area (Å²) in [6.45, 7) is 6.95. The second-order valence-electron chi connectivity index (χ2n) is 9.58. The van der Waals surface area contributed by atoms with E-state index in [4.69, 9.17) is 0 Å². The van der Waals surface area contributed by atoms with E-state index in [1.165, 1.54) is 11.1 Å². The van der Waals surface area contributed by atoms with E-state index in [2.05, 4.69) is 41.3 Å². The van der Waals surface area contributed by atoms with E-state index in [-0.39, 0.29) is 0 Å². The normalized spacial score (nSPS) is 27.9. The van der Waals surface area contributed by atoms with Crippen molar-refractivity contribution < 1.29 is 10.2 Å². The van der Waals surface area contributed by atoms with Crippen molar-refractivity contribution in [2.24, 2.45) is 11.8 Å². The molecule has 0 amide bonds. The molecule has 1 saturated heterocycles. The Morgan fingerprint density at radius 1 is 0.929 bits per heavy atom. The van der Waals surface area contributed by atoms with Crippen LogP contribution in [0.25, 0.3) is 0 Å². The molecular formula is C25H33NO2. The zero-order chi connectivity index (χ0) is 19.8. The number of likely N-dealkylation sites (tertiary alicyclic amines) is 1. The van der Waals surface area contributed by atoms with Crippen molar-refractivity contribution in [1.29, 1.82) is 0 Å². The number of fused-ring (bicyclic) bond motifs is 1. The fourth-order valence-corrected chi connectivity index (χ4v) is 5.23. The first-order valence-electron chi connectivity index (χ1n) is 10.6. The van der Waals surface area contributed by atoms with Gasteiger partial charge in [-0.2, -0.15) is 0 Å². The van der Waals surface area contributed by atoms with Crippen LogP contribution in [0.2, 0.25) is 0 Å². The number of hydrogen-bond acceptors (Lipinski definition) is 3. The Kier molecular flexibility index (Phi) is 5.34. The van der Waals surface area contributed by atoms with Crippen molar-refractivity contribution >= 4 is 0 Å². The van der Waals surface area contributed by atoms with Crippen molar-refractivity contribution in [3.63, 3.8) is 0 Å². The second kappa shape index (κ2) is 7.62. The van der Waals surface area contributed by atoms with Crippen molar-refractivity contribution in [3.05, 3.63) is 71.3 Å². The minimum absolute atomic E-state index is 0.518. The van der Waals surface area contributed by atoms with Gasteiger partial charge in [-0.15, -0.1) is 0 Å². The lowest BCUT2D eigenvalue weighted by atomic mass is 9.91. The summed E-state index contributed by atoms with van der Waals surface area (Å²) < 4.78 is 0. The van der Waals surface area contributed by atoms with E-state index >= 15 is 0 Å². The fourth-order valence-electron chi connectivity index (χ4n) is 5.23. The molecule has 1 aliphatic heterocycles. The van der Waals surface area contributed by atoms with Gasteiger partial charge in [-0.25, -0.2) is 0 Å². The lowest BCUT2D eigenvalue weighted by Crippen LogP contribution is -2.32. The van der Waals surface area contributed by atoms with Gasteiger partial charge in [-0.3, -0.25) is 0 Å². The molecule has 2 atom stereocenters. The summed E-state index contributed by atoms with van der Waals surface area (Å²) in [5.41, 5.74) is 2.24. The van der Waals surface area contributed by atoms with Gasteiger partial charge in [0.1, 0.15) is 0 Å². The molecule has 1 heterocycles. The quantitative estimate of drug-likeness (QED) is 0.803. The standard InChI is InChI=1S/C25H33NO2/c1-24(2,27)23-10-8-19(9-11-23)12-13-26-17-21-15-25(28,16-22(21)18-26)14-20-6-4-3-5-7-20/h3-11,21-22,27-28H,12-18H2,1-2H3. The van der Waals surface area contributed by atoms with Gasteiger partial charge in [0.15, 0.2) is 0 Å². The third-order valence-electron chi connectivity index (χ3n) is 6.69. The summed E-state index contributed by atoms with van der Waals surface area (Å²) in [7, 11) is 0. The Hall–Kier alpha value is -1.68. The number of hydrogen-bond donors (Lipinski definition) is 2. The minimum atomic E-state index is -0.776. The molecule has 2 fully saturated rings. The fraction of sp³-hybridized carbons (Fsp3) is 0.520. The van der Waals surface area contributed by atoms with E-state index < -0.39 is 11.2 Å². The van der Waals surface area contributed by atoms with Crippen LogP contribution in [0, 0.1) is 11.8 Å². The molecule has 28 heavy (non-hydrogen) atoms. The maximum absolute atomic E-state index is 11.1. The summed E-state index contributed by atoms with van der Waals surface area (Å²) in [5.74, 6) is 1.26. The predicted molar refractivity (Wildman–Crippen MR) is 113 cm³/mol.